The highest BCUT2D eigenvalue weighted by atomic mass is 16.5. The lowest BCUT2D eigenvalue weighted by Crippen LogP contribution is -2.39. The van der Waals surface area contributed by atoms with Gasteiger partial charge >= 0.3 is 0 Å². The van der Waals surface area contributed by atoms with Crippen molar-refractivity contribution in [3.05, 3.63) is 50.9 Å². The fourth-order valence-corrected chi connectivity index (χ4v) is 4.21. The first-order valence-electron chi connectivity index (χ1n) is 11.0. The Labute approximate surface area is 182 Å². The maximum atomic E-state index is 12.9. The Balaban J connectivity index is 1.39. The van der Waals surface area contributed by atoms with Gasteiger partial charge in [0.15, 0.2) is 0 Å². The van der Waals surface area contributed by atoms with Crippen LogP contribution in [0.4, 0.5) is 5.95 Å². The maximum absolute atomic E-state index is 12.9. The molecule has 0 bridgehead atoms. The standard InChI is InChI=1S/C23H30N4O4/c1-3-31-19-5-4-17-8-9-27(15-18(17)14-19)21(28)7-6-20-16(2)24-23(25-22(20)29)26-10-12-30-13-11-26/h4-5,14H,3,6-13,15H2,1-2H3,(H,24,25,29). The van der Waals surface area contributed by atoms with Crippen LogP contribution in [0.25, 0.3) is 0 Å². The molecule has 0 atom stereocenters. The Morgan fingerprint density at radius 3 is 2.77 bits per heavy atom. The zero-order valence-electron chi connectivity index (χ0n) is 18.3. The SMILES string of the molecule is CCOc1ccc2c(c1)CN(C(=O)CCc1c(C)nc(N3CCOCC3)[nH]c1=O)CC2. The molecule has 4 rings (SSSR count). The summed E-state index contributed by atoms with van der Waals surface area (Å²) >= 11 is 0. The number of hydrogen-bond donors (Lipinski definition) is 1. The molecule has 1 aromatic heterocycles. The summed E-state index contributed by atoms with van der Waals surface area (Å²) in [5.41, 5.74) is 3.51. The number of carbonyl (C=O) groups is 1. The molecule has 1 fully saturated rings. The van der Waals surface area contributed by atoms with Crippen molar-refractivity contribution < 1.29 is 14.3 Å². The molecule has 0 aliphatic carbocycles. The quantitative estimate of drug-likeness (QED) is 0.758. The summed E-state index contributed by atoms with van der Waals surface area (Å²) in [4.78, 5) is 36.9. The summed E-state index contributed by atoms with van der Waals surface area (Å²) < 4.78 is 11.0. The van der Waals surface area contributed by atoms with Gasteiger partial charge in [0.05, 0.1) is 19.8 Å². The van der Waals surface area contributed by atoms with E-state index in [0.717, 1.165) is 17.7 Å². The average Bonchev–Trinajstić information content (AvgIpc) is 2.78. The van der Waals surface area contributed by atoms with E-state index in [1.807, 2.05) is 35.8 Å². The number of morpholine rings is 1. The molecule has 8 heteroatoms. The number of aromatic nitrogens is 2. The van der Waals surface area contributed by atoms with Gasteiger partial charge in [-0.3, -0.25) is 14.6 Å². The Morgan fingerprint density at radius 2 is 2.03 bits per heavy atom. The molecule has 8 nitrogen and oxygen atoms in total. The largest absolute Gasteiger partial charge is 0.494 e. The third-order valence-corrected chi connectivity index (χ3v) is 5.96. The number of carbonyl (C=O) groups excluding carboxylic acids is 1. The molecule has 3 heterocycles. The van der Waals surface area contributed by atoms with Gasteiger partial charge in [0.1, 0.15) is 5.75 Å². The number of anilines is 1. The van der Waals surface area contributed by atoms with Gasteiger partial charge in [0, 0.05) is 43.9 Å². The monoisotopic (exact) mass is 426 g/mol. The van der Waals surface area contributed by atoms with Gasteiger partial charge in [0.25, 0.3) is 5.56 Å². The predicted molar refractivity (Wildman–Crippen MR) is 118 cm³/mol. The van der Waals surface area contributed by atoms with Crippen LogP contribution in [0.15, 0.2) is 23.0 Å². The maximum Gasteiger partial charge on any atom is 0.255 e. The lowest BCUT2D eigenvalue weighted by Gasteiger charge is -2.29. The molecule has 0 radical (unpaired) electrons. The van der Waals surface area contributed by atoms with E-state index in [2.05, 4.69) is 16.0 Å². The number of aryl methyl sites for hydroxylation is 1. The number of ether oxygens (including phenoxy) is 2. The summed E-state index contributed by atoms with van der Waals surface area (Å²) in [6.07, 6.45) is 1.52. The number of hydrogen-bond acceptors (Lipinski definition) is 6. The topological polar surface area (TPSA) is 87.8 Å². The highest BCUT2D eigenvalue weighted by Gasteiger charge is 2.22. The van der Waals surface area contributed by atoms with Crippen LogP contribution in [0.5, 0.6) is 5.75 Å². The number of nitrogens with zero attached hydrogens (tertiary/aromatic N) is 3. The highest BCUT2D eigenvalue weighted by molar-refractivity contribution is 5.77. The molecule has 2 aliphatic heterocycles. The molecular weight excluding hydrogens is 396 g/mol. The van der Waals surface area contributed by atoms with Crippen molar-refractivity contribution in [3.8, 4) is 5.75 Å². The average molecular weight is 427 g/mol. The van der Waals surface area contributed by atoms with Crippen LogP contribution in [0.1, 0.15) is 35.7 Å². The molecular formula is C23H30N4O4. The Hall–Kier alpha value is -2.87. The number of nitrogens with one attached hydrogen (secondary N) is 1. The molecule has 0 saturated carbocycles. The van der Waals surface area contributed by atoms with Crippen LogP contribution in [-0.2, 0) is 28.9 Å². The first kappa shape index (κ1) is 21.4. The van der Waals surface area contributed by atoms with Gasteiger partial charge < -0.3 is 19.3 Å². The first-order valence-corrected chi connectivity index (χ1v) is 11.0. The van der Waals surface area contributed by atoms with E-state index < -0.39 is 0 Å². The van der Waals surface area contributed by atoms with Gasteiger partial charge in [-0.15, -0.1) is 0 Å². The number of benzene rings is 1. The van der Waals surface area contributed by atoms with Crippen molar-refractivity contribution in [2.24, 2.45) is 0 Å². The Kier molecular flexibility index (Phi) is 6.56. The minimum atomic E-state index is -0.160. The van der Waals surface area contributed by atoms with Crippen LogP contribution in [0, 0.1) is 6.92 Å². The molecule has 1 aromatic carbocycles. The summed E-state index contributed by atoms with van der Waals surface area (Å²) in [6, 6.07) is 6.11. The van der Waals surface area contributed by atoms with E-state index in [0.29, 0.717) is 76.0 Å². The molecule has 31 heavy (non-hydrogen) atoms. The van der Waals surface area contributed by atoms with Crippen LogP contribution in [0.3, 0.4) is 0 Å². The lowest BCUT2D eigenvalue weighted by atomic mass is 9.99. The van der Waals surface area contributed by atoms with Crippen LogP contribution in [-0.4, -0.2) is 60.2 Å². The van der Waals surface area contributed by atoms with E-state index in [1.165, 1.54) is 5.56 Å². The van der Waals surface area contributed by atoms with E-state index >= 15 is 0 Å². The Bertz CT molecular complexity index is 998. The van der Waals surface area contributed by atoms with Crippen LogP contribution >= 0.6 is 0 Å². The summed E-state index contributed by atoms with van der Waals surface area (Å²) in [6.45, 7) is 8.37. The molecule has 2 aromatic rings. The van der Waals surface area contributed by atoms with Crippen molar-refractivity contribution in [2.45, 2.75) is 39.7 Å². The second kappa shape index (κ2) is 9.51. The van der Waals surface area contributed by atoms with E-state index in [1.54, 1.807) is 0 Å². The van der Waals surface area contributed by atoms with Gasteiger partial charge in [0.2, 0.25) is 11.9 Å². The number of rotatable bonds is 6. The molecule has 1 saturated heterocycles. The van der Waals surface area contributed by atoms with E-state index in [9.17, 15) is 9.59 Å². The minimum absolute atomic E-state index is 0.0588. The Morgan fingerprint density at radius 1 is 1.23 bits per heavy atom. The molecule has 1 amide bonds. The molecule has 0 spiro atoms. The van der Waals surface area contributed by atoms with Gasteiger partial charge in [-0.25, -0.2) is 4.98 Å². The van der Waals surface area contributed by atoms with Crippen molar-refractivity contribution in [2.75, 3.05) is 44.4 Å². The molecule has 0 unspecified atom stereocenters. The van der Waals surface area contributed by atoms with Gasteiger partial charge in [-0.2, -0.15) is 0 Å². The van der Waals surface area contributed by atoms with Crippen molar-refractivity contribution in [3.63, 3.8) is 0 Å². The number of H-pyrrole nitrogens is 1. The molecule has 2 aliphatic rings. The fraction of sp³-hybridized carbons (Fsp3) is 0.522. The smallest absolute Gasteiger partial charge is 0.255 e. The third kappa shape index (κ3) is 4.90. The second-order valence-corrected chi connectivity index (χ2v) is 7.98. The summed E-state index contributed by atoms with van der Waals surface area (Å²) in [7, 11) is 0. The molecule has 1 N–H and O–H groups in total. The predicted octanol–water partition coefficient (Wildman–Crippen LogP) is 1.83. The van der Waals surface area contributed by atoms with Crippen molar-refractivity contribution >= 4 is 11.9 Å². The molecule has 166 valence electrons. The highest BCUT2D eigenvalue weighted by Crippen LogP contribution is 2.24. The van der Waals surface area contributed by atoms with Crippen LogP contribution in [0.2, 0.25) is 0 Å². The van der Waals surface area contributed by atoms with Gasteiger partial charge in [-0.1, -0.05) is 6.07 Å². The number of amides is 1. The first-order chi connectivity index (χ1) is 15.0. The zero-order valence-corrected chi connectivity index (χ0v) is 18.3. The number of aromatic amines is 1. The fourth-order valence-electron chi connectivity index (χ4n) is 4.21. The van der Waals surface area contributed by atoms with Crippen LogP contribution < -0.4 is 15.2 Å². The summed E-state index contributed by atoms with van der Waals surface area (Å²) in [5.74, 6) is 1.48. The van der Waals surface area contributed by atoms with E-state index in [-0.39, 0.29) is 11.5 Å². The minimum Gasteiger partial charge on any atom is -0.494 e. The van der Waals surface area contributed by atoms with Crippen molar-refractivity contribution in [1.29, 1.82) is 0 Å². The third-order valence-electron chi connectivity index (χ3n) is 5.96. The zero-order chi connectivity index (χ0) is 21.8. The summed E-state index contributed by atoms with van der Waals surface area (Å²) in [5, 5.41) is 0. The normalized spacial score (nSPS) is 16.2. The lowest BCUT2D eigenvalue weighted by molar-refractivity contribution is -0.132. The second-order valence-electron chi connectivity index (χ2n) is 7.98. The van der Waals surface area contributed by atoms with Gasteiger partial charge in [-0.05, 0) is 49.9 Å². The van der Waals surface area contributed by atoms with E-state index in [4.69, 9.17) is 9.47 Å². The number of fused-ring (bicyclic) bond motifs is 1. The van der Waals surface area contributed by atoms with Crippen molar-refractivity contribution in [1.82, 2.24) is 14.9 Å².